The van der Waals surface area contributed by atoms with E-state index in [1.165, 1.54) is 11.8 Å². The van der Waals surface area contributed by atoms with Gasteiger partial charge in [-0.3, -0.25) is 19.0 Å². The van der Waals surface area contributed by atoms with Gasteiger partial charge in [0.15, 0.2) is 5.16 Å². The Kier molecular flexibility index (Phi) is 7.16. The minimum Gasteiger partial charge on any atom is -0.497 e. The van der Waals surface area contributed by atoms with Crippen molar-refractivity contribution in [3.63, 3.8) is 0 Å². The molecule has 0 saturated carbocycles. The third-order valence-corrected chi connectivity index (χ3v) is 7.26. The van der Waals surface area contributed by atoms with Crippen molar-refractivity contribution < 1.29 is 19.1 Å². The van der Waals surface area contributed by atoms with Crippen LogP contribution >= 0.6 is 11.8 Å². The van der Waals surface area contributed by atoms with Crippen LogP contribution in [0.2, 0.25) is 0 Å². The van der Waals surface area contributed by atoms with Crippen molar-refractivity contribution in [2.75, 3.05) is 32.6 Å². The first-order chi connectivity index (χ1) is 16.4. The Labute approximate surface area is 202 Å². The fourth-order valence-corrected chi connectivity index (χ4v) is 5.48. The zero-order valence-electron chi connectivity index (χ0n) is 20.0. The highest BCUT2D eigenvalue weighted by molar-refractivity contribution is 7.99. The zero-order chi connectivity index (χ0) is 24.4. The second-order valence-electron chi connectivity index (χ2n) is 8.30. The Morgan fingerprint density at radius 2 is 2.06 bits per heavy atom. The lowest BCUT2D eigenvalue weighted by molar-refractivity contribution is -0.151. The topological polar surface area (TPSA) is 95.7 Å². The molecule has 1 unspecified atom stereocenters. The summed E-state index contributed by atoms with van der Waals surface area (Å²) in [4.78, 5) is 45.0. The fourth-order valence-electron chi connectivity index (χ4n) is 4.52. The molecular formula is C24H30N4O5S. The van der Waals surface area contributed by atoms with Gasteiger partial charge in [-0.1, -0.05) is 11.8 Å². The first-order valence-electron chi connectivity index (χ1n) is 11.5. The van der Waals surface area contributed by atoms with E-state index < -0.39 is 0 Å². The summed E-state index contributed by atoms with van der Waals surface area (Å²) >= 11 is 1.25. The van der Waals surface area contributed by atoms with Crippen LogP contribution in [0.3, 0.4) is 0 Å². The standard InChI is InChI=1S/C24H30N4O5S/c1-5-28-22(30)21-20(17-12-16(32-4)9-10-18(17)26(21)3)25-24(28)34-14-19(29)27-11-7-8-15(13-27)23(31)33-6-2/h9-10,12,15H,5-8,11,13-14H2,1-4H3. The average molecular weight is 487 g/mol. The average Bonchev–Trinajstić information content (AvgIpc) is 3.13. The molecule has 10 heteroatoms. The molecular weight excluding hydrogens is 456 g/mol. The highest BCUT2D eigenvalue weighted by atomic mass is 32.2. The van der Waals surface area contributed by atoms with Gasteiger partial charge in [-0.05, 0) is 44.9 Å². The largest absolute Gasteiger partial charge is 0.497 e. The van der Waals surface area contributed by atoms with Crippen LogP contribution in [0.5, 0.6) is 5.75 Å². The molecule has 4 rings (SSSR count). The first kappa shape index (κ1) is 24.1. The van der Waals surface area contributed by atoms with E-state index in [1.807, 2.05) is 36.7 Å². The number of thioether (sulfide) groups is 1. The highest BCUT2D eigenvalue weighted by Gasteiger charge is 2.29. The van der Waals surface area contributed by atoms with E-state index in [-0.39, 0.29) is 29.1 Å². The van der Waals surface area contributed by atoms with Crippen molar-refractivity contribution in [2.24, 2.45) is 13.0 Å². The van der Waals surface area contributed by atoms with Crippen LogP contribution in [-0.2, 0) is 27.9 Å². The lowest BCUT2D eigenvalue weighted by atomic mass is 9.98. The predicted molar refractivity (Wildman–Crippen MR) is 131 cm³/mol. The molecule has 0 N–H and O–H groups in total. The summed E-state index contributed by atoms with van der Waals surface area (Å²) in [6.45, 7) is 5.43. The van der Waals surface area contributed by atoms with Gasteiger partial charge in [0.25, 0.3) is 5.56 Å². The molecule has 1 saturated heterocycles. The molecule has 2 aromatic heterocycles. The fraction of sp³-hybridized carbons (Fsp3) is 0.500. The summed E-state index contributed by atoms with van der Waals surface area (Å²) in [6.07, 6.45) is 1.50. The molecule has 1 fully saturated rings. The maximum Gasteiger partial charge on any atom is 0.310 e. The number of fused-ring (bicyclic) bond motifs is 3. The molecule has 34 heavy (non-hydrogen) atoms. The van der Waals surface area contributed by atoms with E-state index >= 15 is 0 Å². The number of methoxy groups -OCH3 is 1. The van der Waals surface area contributed by atoms with E-state index in [0.717, 1.165) is 23.7 Å². The monoisotopic (exact) mass is 486 g/mol. The van der Waals surface area contributed by atoms with E-state index in [1.54, 1.807) is 23.5 Å². The van der Waals surface area contributed by atoms with Crippen molar-refractivity contribution in [3.05, 3.63) is 28.6 Å². The summed E-state index contributed by atoms with van der Waals surface area (Å²) < 4.78 is 14.0. The van der Waals surface area contributed by atoms with Crippen LogP contribution in [0.1, 0.15) is 26.7 Å². The van der Waals surface area contributed by atoms with Gasteiger partial charge in [0.05, 0.1) is 30.9 Å². The van der Waals surface area contributed by atoms with Gasteiger partial charge in [0.1, 0.15) is 16.8 Å². The number of ether oxygens (including phenoxy) is 2. The Balaban J connectivity index is 1.61. The first-order valence-corrected chi connectivity index (χ1v) is 12.5. The number of benzene rings is 1. The Bertz CT molecular complexity index is 1300. The molecule has 9 nitrogen and oxygen atoms in total. The van der Waals surface area contributed by atoms with Crippen molar-refractivity contribution in [1.82, 2.24) is 19.0 Å². The molecule has 0 aliphatic carbocycles. The second-order valence-corrected chi connectivity index (χ2v) is 9.25. The van der Waals surface area contributed by atoms with E-state index in [9.17, 15) is 14.4 Å². The number of aryl methyl sites for hydroxylation is 1. The Morgan fingerprint density at radius 3 is 2.76 bits per heavy atom. The molecule has 182 valence electrons. The van der Waals surface area contributed by atoms with Gasteiger partial charge >= 0.3 is 5.97 Å². The number of carbonyl (C=O) groups is 2. The third kappa shape index (κ3) is 4.38. The lowest BCUT2D eigenvalue weighted by Gasteiger charge is -2.31. The number of rotatable bonds is 7. The van der Waals surface area contributed by atoms with Crippen molar-refractivity contribution in [3.8, 4) is 5.75 Å². The maximum atomic E-state index is 13.4. The number of aromatic nitrogens is 3. The third-order valence-electron chi connectivity index (χ3n) is 6.30. The quantitative estimate of drug-likeness (QED) is 0.288. The molecule has 1 aliphatic rings. The molecule has 3 heterocycles. The Hall–Kier alpha value is -3.01. The summed E-state index contributed by atoms with van der Waals surface area (Å²) in [5, 5.41) is 1.33. The number of hydrogen-bond donors (Lipinski definition) is 0. The highest BCUT2D eigenvalue weighted by Crippen LogP contribution is 2.30. The molecule has 1 atom stereocenters. The van der Waals surface area contributed by atoms with Gasteiger partial charge in [0, 0.05) is 32.1 Å². The van der Waals surface area contributed by atoms with Crippen molar-refractivity contribution in [2.45, 2.75) is 38.4 Å². The minimum atomic E-state index is -0.281. The van der Waals surface area contributed by atoms with E-state index in [0.29, 0.717) is 48.2 Å². The number of esters is 1. The van der Waals surface area contributed by atoms with Crippen LogP contribution in [0.4, 0.5) is 0 Å². The maximum absolute atomic E-state index is 13.4. The molecule has 1 amide bonds. The molecule has 1 aliphatic heterocycles. The number of carbonyl (C=O) groups excluding carboxylic acids is 2. The van der Waals surface area contributed by atoms with Crippen LogP contribution in [0, 0.1) is 5.92 Å². The summed E-state index contributed by atoms with van der Waals surface area (Å²) in [5.74, 6) is 0.229. The minimum absolute atomic E-state index is 0.0735. The number of piperidine rings is 1. The molecule has 1 aromatic carbocycles. The van der Waals surface area contributed by atoms with Crippen LogP contribution < -0.4 is 10.3 Å². The second kappa shape index (κ2) is 10.1. The summed E-state index contributed by atoms with van der Waals surface area (Å²) in [5.41, 5.74) is 1.87. The van der Waals surface area contributed by atoms with Crippen LogP contribution in [0.25, 0.3) is 21.9 Å². The normalized spacial score (nSPS) is 16.2. The Morgan fingerprint density at radius 1 is 1.26 bits per heavy atom. The molecule has 0 radical (unpaired) electrons. The van der Waals surface area contributed by atoms with Crippen LogP contribution in [0.15, 0.2) is 28.2 Å². The van der Waals surface area contributed by atoms with Crippen LogP contribution in [-0.4, -0.2) is 63.5 Å². The van der Waals surface area contributed by atoms with E-state index in [4.69, 9.17) is 14.5 Å². The van der Waals surface area contributed by atoms with Gasteiger partial charge in [-0.2, -0.15) is 0 Å². The number of hydrogen-bond acceptors (Lipinski definition) is 7. The van der Waals surface area contributed by atoms with Gasteiger partial charge in [-0.15, -0.1) is 0 Å². The summed E-state index contributed by atoms with van der Waals surface area (Å²) in [6, 6.07) is 5.65. The number of likely N-dealkylation sites (tertiary alicyclic amines) is 1. The van der Waals surface area contributed by atoms with Gasteiger partial charge in [-0.25, -0.2) is 4.98 Å². The predicted octanol–water partition coefficient (Wildman–Crippen LogP) is 2.81. The molecule has 3 aromatic rings. The van der Waals surface area contributed by atoms with Crippen molar-refractivity contribution >= 4 is 45.6 Å². The molecule has 0 bridgehead atoms. The smallest absolute Gasteiger partial charge is 0.310 e. The number of nitrogens with zero attached hydrogens (tertiary/aromatic N) is 4. The molecule has 0 spiro atoms. The summed E-state index contributed by atoms with van der Waals surface area (Å²) in [7, 11) is 3.46. The SMILES string of the molecule is CCOC(=O)C1CCCN(C(=O)CSc2nc3c4cc(OC)ccc4n(C)c3c(=O)n2CC)C1. The van der Waals surface area contributed by atoms with E-state index in [2.05, 4.69) is 0 Å². The number of amides is 1. The lowest BCUT2D eigenvalue weighted by Crippen LogP contribution is -2.43. The zero-order valence-corrected chi connectivity index (χ0v) is 20.8. The van der Waals surface area contributed by atoms with Gasteiger partial charge in [0.2, 0.25) is 5.91 Å². The van der Waals surface area contributed by atoms with Gasteiger partial charge < -0.3 is 18.9 Å². The van der Waals surface area contributed by atoms with Crippen molar-refractivity contribution in [1.29, 1.82) is 0 Å².